The lowest BCUT2D eigenvalue weighted by Gasteiger charge is -2.39. The van der Waals surface area contributed by atoms with Crippen LogP contribution in [-0.4, -0.2) is 24.5 Å². The number of rotatable bonds is 5. The van der Waals surface area contributed by atoms with Gasteiger partial charge in [-0.05, 0) is 39.0 Å². The van der Waals surface area contributed by atoms with Crippen molar-refractivity contribution >= 4 is 11.8 Å². The highest BCUT2D eigenvalue weighted by molar-refractivity contribution is 6.02. The zero-order valence-electron chi connectivity index (χ0n) is 15.2. The number of esters is 1. The van der Waals surface area contributed by atoms with Gasteiger partial charge >= 0.3 is 5.97 Å². The largest absolute Gasteiger partial charge is 0.462 e. The van der Waals surface area contributed by atoms with Gasteiger partial charge in [0.2, 0.25) is 5.79 Å². The second kappa shape index (κ2) is 7.30. The smallest absolute Gasteiger partial charge is 0.338 e. The molecule has 136 valence electrons. The van der Waals surface area contributed by atoms with Crippen LogP contribution >= 0.6 is 0 Å². The van der Waals surface area contributed by atoms with Gasteiger partial charge in [-0.2, -0.15) is 0 Å². The van der Waals surface area contributed by atoms with Gasteiger partial charge in [-0.15, -0.1) is 0 Å². The van der Waals surface area contributed by atoms with E-state index in [1.807, 2.05) is 44.2 Å². The second-order valence-corrected chi connectivity index (χ2v) is 6.42. The lowest BCUT2D eigenvalue weighted by molar-refractivity contribution is -0.213. The van der Waals surface area contributed by atoms with Crippen molar-refractivity contribution < 1.29 is 23.8 Å². The zero-order valence-corrected chi connectivity index (χ0v) is 15.2. The zero-order chi connectivity index (χ0) is 18.7. The molecule has 0 N–H and O–H groups in total. The Hall–Kier alpha value is -2.66. The molecule has 0 radical (unpaired) electrons. The van der Waals surface area contributed by atoms with Crippen LogP contribution in [-0.2, 0) is 15.3 Å². The van der Waals surface area contributed by atoms with Crippen LogP contribution in [0.15, 0.2) is 48.5 Å². The SMILES string of the molecule is CCOC(=O)c1ccc2c(c1)C(=O)CC(OC(C)C)(c1ccccc1)O2. The summed E-state index contributed by atoms with van der Waals surface area (Å²) in [5.41, 5.74) is 1.48. The van der Waals surface area contributed by atoms with Crippen molar-refractivity contribution in [2.75, 3.05) is 6.61 Å². The molecular formula is C21H22O5. The molecule has 5 heteroatoms. The minimum atomic E-state index is -1.18. The molecule has 1 aliphatic heterocycles. The molecule has 0 saturated carbocycles. The maximum atomic E-state index is 12.9. The molecule has 0 spiro atoms. The molecule has 0 aromatic heterocycles. The van der Waals surface area contributed by atoms with Crippen LogP contribution in [0.2, 0.25) is 0 Å². The van der Waals surface area contributed by atoms with E-state index >= 15 is 0 Å². The Morgan fingerprint density at radius 2 is 1.92 bits per heavy atom. The normalized spacial score (nSPS) is 19.0. The summed E-state index contributed by atoms with van der Waals surface area (Å²) < 4.78 is 17.3. The number of hydrogen-bond donors (Lipinski definition) is 0. The summed E-state index contributed by atoms with van der Waals surface area (Å²) in [6, 6.07) is 14.2. The van der Waals surface area contributed by atoms with Gasteiger partial charge in [0.1, 0.15) is 5.75 Å². The summed E-state index contributed by atoms with van der Waals surface area (Å²) in [7, 11) is 0. The molecule has 2 aromatic rings. The first kappa shape index (κ1) is 18.1. The van der Waals surface area contributed by atoms with Crippen LogP contribution in [0.25, 0.3) is 0 Å². The maximum absolute atomic E-state index is 12.9. The highest BCUT2D eigenvalue weighted by Crippen LogP contribution is 2.41. The summed E-state index contributed by atoms with van der Waals surface area (Å²) in [5, 5.41) is 0. The average Bonchev–Trinajstić information content (AvgIpc) is 2.62. The number of hydrogen-bond acceptors (Lipinski definition) is 5. The number of fused-ring (bicyclic) bond motifs is 1. The average molecular weight is 354 g/mol. The van der Waals surface area contributed by atoms with E-state index in [1.54, 1.807) is 19.1 Å². The molecule has 2 aromatic carbocycles. The number of Topliss-reactive ketones (excluding diaryl/α,β-unsaturated/α-hetero) is 1. The molecular weight excluding hydrogens is 332 g/mol. The molecule has 0 bridgehead atoms. The lowest BCUT2D eigenvalue weighted by atomic mass is 9.92. The third-order valence-electron chi connectivity index (χ3n) is 4.10. The van der Waals surface area contributed by atoms with E-state index in [1.165, 1.54) is 6.07 Å². The molecule has 5 nitrogen and oxygen atoms in total. The molecule has 0 amide bonds. The topological polar surface area (TPSA) is 61.8 Å². The summed E-state index contributed by atoms with van der Waals surface area (Å²) in [4.78, 5) is 24.8. The van der Waals surface area contributed by atoms with Gasteiger partial charge in [-0.3, -0.25) is 4.79 Å². The minimum absolute atomic E-state index is 0.0362. The van der Waals surface area contributed by atoms with Gasteiger partial charge in [0.15, 0.2) is 5.78 Å². The van der Waals surface area contributed by atoms with Gasteiger partial charge in [0, 0.05) is 5.56 Å². The predicted octanol–water partition coefficient (Wildman–Crippen LogP) is 4.11. The molecule has 1 aliphatic rings. The predicted molar refractivity (Wildman–Crippen MR) is 96.3 cm³/mol. The van der Waals surface area contributed by atoms with Crippen molar-refractivity contribution in [3.8, 4) is 5.75 Å². The number of ether oxygens (including phenoxy) is 3. The van der Waals surface area contributed by atoms with Gasteiger partial charge < -0.3 is 14.2 Å². The molecule has 1 unspecified atom stereocenters. The first-order chi connectivity index (χ1) is 12.4. The Labute approximate surface area is 152 Å². The second-order valence-electron chi connectivity index (χ2n) is 6.42. The van der Waals surface area contributed by atoms with Gasteiger partial charge in [0.25, 0.3) is 0 Å². The fourth-order valence-corrected chi connectivity index (χ4v) is 3.07. The maximum Gasteiger partial charge on any atom is 0.338 e. The van der Waals surface area contributed by atoms with Crippen LogP contribution in [0.4, 0.5) is 0 Å². The third-order valence-corrected chi connectivity index (χ3v) is 4.10. The minimum Gasteiger partial charge on any atom is -0.462 e. The van der Waals surface area contributed by atoms with E-state index < -0.39 is 11.8 Å². The van der Waals surface area contributed by atoms with Crippen LogP contribution in [0.1, 0.15) is 53.5 Å². The standard InChI is InChI=1S/C21H22O5/c1-4-24-20(23)15-10-11-19-17(12-15)18(22)13-21(26-19,25-14(2)3)16-8-6-5-7-9-16/h5-12,14H,4,13H2,1-3H3. The molecule has 0 saturated heterocycles. The van der Waals surface area contributed by atoms with Crippen LogP contribution in [0, 0.1) is 0 Å². The first-order valence-electron chi connectivity index (χ1n) is 8.72. The van der Waals surface area contributed by atoms with Gasteiger partial charge in [-0.25, -0.2) is 4.79 Å². The van der Waals surface area contributed by atoms with Gasteiger partial charge in [0.05, 0.1) is 30.3 Å². The molecule has 26 heavy (non-hydrogen) atoms. The van der Waals surface area contributed by atoms with Crippen molar-refractivity contribution in [2.24, 2.45) is 0 Å². The summed E-state index contributed by atoms with van der Waals surface area (Å²) in [5.74, 6) is -1.37. The molecule has 1 heterocycles. The molecule has 3 rings (SSSR count). The molecule has 0 fully saturated rings. The summed E-state index contributed by atoms with van der Waals surface area (Å²) in [6.07, 6.45) is -0.0996. The number of benzene rings is 2. The van der Waals surface area contributed by atoms with Crippen molar-refractivity contribution in [3.63, 3.8) is 0 Å². The fourth-order valence-electron chi connectivity index (χ4n) is 3.07. The Morgan fingerprint density at radius 1 is 1.19 bits per heavy atom. The van der Waals surface area contributed by atoms with Crippen molar-refractivity contribution in [1.82, 2.24) is 0 Å². The van der Waals surface area contributed by atoms with E-state index in [2.05, 4.69) is 0 Å². The van der Waals surface area contributed by atoms with Crippen LogP contribution in [0.5, 0.6) is 5.75 Å². The Balaban J connectivity index is 2.01. The monoisotopic (exact) mass is 354 g/mol. The Morgan fingerprint density at radius 3 is 2.58 bits per heavy atom. The van der Waals surface area contributed by atoms with E-state index in [9.17, 15) is 9.59 Å². The van der Waals surface area contributed by atoms with E-state index in [0.29, 0.717) is 16.9 Å². The third kappa shape index (κ3) is 3.48. The van der Waals surface area contributed by atoms with Crippen molar-refractivity contribution in [2.45, 2.75) is 39.1 Å². The summed E-state index contributed by atoms with van der Waals surface area (Å²) >= 11 is 0. The van der Waals surface area contributed by atoms with E-state index in [-0.39, 0.29) is 24.9 Å². The van der Waals surface area contributed by atoms with Gasteiger partial charge in [-0.1, -0.05) is 30.3 Å². The molecule has 0 aliphatic carbocycles. The van der Waals surface area contributed by atoms with Crippen LogP contribution < -0.4 is 4.74 Å². The lowest BCUT2D eigenvalue weighted by Crippen LogP contribution is -2.43. The Kier molecular flexibility index (Phi) is 5.09. The van der Waals surface area contributed by atoms with E-state index in [0.717, 1.165) is 5.56 Å². The molecule has 1 atom stereocenters. The fraction of sp³-hybridized carbons (Fsp3) is 0.333. The summed E-state index contributed by atoms with van der Waals surface area (Å²) in [6.45, 7) is 5.82. The number of carbonyl (C=O) groups is 2. The van der Waals surface area contributed by atoms with Crippen molar-refractivity contribution in [1.29, 1.82) is 0 Å². The van der Waals surface area contributed by atoms with E-state index in [4.69, 9.17) is 14.2 Å². The van der Waals surface area contributed by atoms with Crippen molar-refractivity contribution in [3.05, 3.63) is 65.2 Å². The quantitative estimate of drug-likeness (QED) is 0.756. The Bertz CT molecular complexity index is 812. The van der Waals surface area contributed by atoms with Crippen LogP contribution in [0.3, 0.4) is 0 Å². The highest BCUT2D eigenvalue weighted by atomic mass is 16.7. The highest BCUT2D eigenvalue weighted by Gasteiger charge is 2.44. The first-order valence-corrected chi connectivity index (χ1v) is 8.72. The number of ketones is 1. The number of carbonyl (C=O) groups excluding carboxylic acids is 2.